The van der Waals surface area contributed by atoms with E-state index < -0.39 is 0 Å². The van der Waals surface area contributed by atoms with Crippen LogP contribution >= 0.6 is 0 Å². The molecule has 8 aromatic carbocycles. The lowest BCUT2D eigenvalue weighted by atomic mass is 9.98. The van der Waals surface area contributed by atoms with Crippen LogP contribution < -0.4 is 0 Å². The van der Waals surface area contributed by atoms with E-state index in [0.29, 0.717) is 17.8 Å². The Bertz CT molecular complexity index is 3170. The second-order valence-corrected chi connectivity index (χ2v) is 21.6. The molecular weight excluding hydrogens is 1050 g/mol. The van der Waals surface area contributed by atoms with Gasteiger partial charge in [0.05, 0.1) is 28.5 Å². The number of aromatic nitrogens is 8. The second-order valence-electron chi connectivity index (χ2n) is 21.6. The van der Waals surface area contributed by atoms with E-state index in [1.807, 2.05) is 158 Å². The first-order chi connectivity index (χ1) is 40.9. The molecule has 12 rings (SSSR count). The first-order valence-electron chi connectivity index (χ1n) is 28.9. The molecule has 4 aromatic heterocycles. The molecule has 0 aliphatic rings. The van der Waals surface area contributed by atoms with Gasteiger partial charge in [-0.1, -0.05) is 313 Å². The van der Waals surface area contributed by atoms with Crippen LogP contribution in [0.2, 0.25) is 0 Å². The molecule has 86 heavy (non-hydrogen) atoms. The van der Waals surface area contributed by atoms with Crippen LogP contribution in [0, 0.1) is 0 Å². The summed E-state index contributed by atoms with van der Waals surface area (Å²) in [6.45, 7) is 17.2. The Labute approximate surface area is 511 Å². The fourth-order valence-corrected chi connectivity index (χ4v) is 8.95. The highest BCUT2D eigenvalue weighted by atomic mass is 15.0. The van der Waals surface area contributed by atoms with Crippen LogP contribution in [0.15, 0.2) is 267 Å². The first kappa shape index (κ1) is 63.7. The summed E-state index contributed by atoms with van der Waals surface area (Å²) >= 11 is 0. The highest BCUT2D eigenvalue weighted by Gasteiger charge is 2.15. The highest BCUT2D eigenvalue weighted by molar-refractivity contribution is 5.70. The van der Waals surface area contributed by atoms with Crippen LogP contribution in [0.1, 0.15) is 117 Å². The summed E-state index contributed by atoms with van der Waals surface area (Å²) in [6.07, 6.45) is 0. The van der Waals surface area contributed by atoms with Crippen LogP contribution in [0.4, 0.5) is 0 Å². The summed E-state index contributed by atoms with van der Waals surface area (Å²) in [5.74, 6) is 5.38. The molecule has 12 aromatic rings. The average molecular weight is 1130 g/mol. The molecule has 0 spiro atoms. The Morgan fingerprint density at radius 2 is 0.465 bits per heavy atom. The van der Waals surface area contributed by atoms with E-state index in [1.54, 1.807) is 0 Å². The van der Waals surface area contributed by atoms with Crippen molar-refractivity contribution in [2.75, 3.05) is 0 Å². The quantitative estimate of drug-likeness (QED) is 0.119. The van der Waals surface area contributed by atoms with Gasteiger partial charge in [0.2, 0.25) is 0 Å². The predicted molar refractivity (Wildman–Crippen MR) is 361 cm³/mol. The molecule has 0 N–H and O–H groups in total. The molecule has 4 heterocycles. The standard InChI is InChI=1S/C20H19N.2C19H18N2.C18H17N3.2CH4/c1-15(2)18-13-19(16-9-5-3-6-10-16)21-20(14-18)17-11-7-4-8-12-17;1-14(2)19-20-17(15-9-5-3-6-10-15)13-18(21-19)16-11-7-4-8-12-16;1-14(2)17-13-18(15-9-5-3-6-10-15)21-19(20-17)16-11-7-4-8-12-16;1-13(2)16-19-17(14-9-5-3-6-10-14)21-18(20-16)15-11-7-4-8-12-15;;/h3-15H,1-2H3;2*3-14H,1-2H3;3-13H,1-2H3;2*1H4. The fraction of sp³-hybridized carbons (Fsp3) is 0.179. The average Bonchev–Trinajstić information content (AvgIpc) is 3.72. The molecule has 0 saturated carbocycles. The molecule has 432 valence electrons. The van der Waals surface area contributed by atoms with Crippen LogP contribution in [0.25, 0.3) is 90.5 Å². The van der Waals surface area contributed by atoms with Crippen molar-refractivity contribution in [1.82, 2.24) is 39.9 Å². The molecular formula is C78H80N8. The van der Waals surface area contributed by atoms with Gasteiger partial charge >= 0.3 is 0 Å². The maximum Gasteiger partial charge on any atom is 0.163 e. The van der Waals surface area contributed by atoms with E-state index in [1.165, 1.54) is 5.56 Å². The molecule has 0 fully saturated rings. The SMILES string of the molecule is C.C.CC(C)c1cc(-c2ccccc2)nc(-c2ccccc2)c1.CC(C)c1cc(-c2ccccc2)nc(-c2ccccc2)n1.CC(C)c1nc(-c2ccccc2)cc(-c2ccccc2)n1.CC(C)c1nc(-c2ccccc2)nc(-c2ccccc2)n1. The van der Waals surface area contributed by atoms with Crippen LogP contribution in [0.5, 0.6) is 0 Å². The Morgan fingerprint density at radius 1 is 0.209 bits per heavy atom. The van der Waals surface area contributed by atoms with Crippen molar-refractivity contribution in [2.24, 2.45) is 0 Å². The molecule has 0 bridgehead atoms. The van der Waals surface area contributed by atoms with Gasteiger partial charge in [-0.25, -0.2) is 39.9 Å². The van der Waals surface area contributed by atoms with Gasteiger partial charge in [0.15, 0.2) is 17.5 Å². The number of benzene rings is 8. The summed E-state index contributed by atoms with van der Waals surface area (Å²) < 4.78 is 0. The summed E-state index contributed by atoms with van der Waals surface area (Å²) in [5, 5.41) is 0. The van der Waals surface area contributed by atoms with Gasteiger partial charge in [0.25, 0.3) is 0 Å². The summed E-state index contributed by atoms with van der Waals surface area (Å²) in [5.41, 5.74) is 16.2. The zero-order valence-electron chi connectivity index (χ0n) is 49.3. The third-order valence-electron chi connectivity index (χ3n) is 13.7. The largest absolute Gasteiger partial charge is 0.248 e. The maximum atomic E-state index is 4.86. The summed E-state index contributed by atoms with van der Waals surface area (Å²) in [4.78, 5) is 37.6. The van der Waals surface area contributed by atoms with Crippen LogP contribution in [0.3, 0.4) is 0 Å². The lowest BCUT2D eigenvalue weighted by Crippen LogP contribution is -2.04. The molecule has 0 radical (unpaired) electrons. The molecule has 0 amide bonds. The van der Waals surface area contributed by atoms with Crippen molar-refractivity contribution < 1.29 is 0 Å². The van der Waals surface area contributed by atoms with Crippen molar-refractivity contribution in [2.45, 2.75) is 93.9 Å². The molecule has 0 aliphatic heterocycles. The number of rotatable bonds is 12. The highest BCUT2D eigenvalue weighted by Crippen LogP contribution is 2.30. The minimum absolute atomic E-state index is 0. The lowest BCUT2D eigenvalue weighted by Gasteiger charge is -2.12. The van der Waals surface area contributed by atoms with Crippen LogP contribution in [-0.2, 0) is 0 Å². The summed E-state index contributed by atoms with van der Waals surface area (Å²) in [7, 11) is 0. The van der Waals surface area contributed by atoms with Crippen molar-refractivity contribution >= 4 is 0 Å². The van der Waals surface area contributed by atoms with E-state index >= 15 is 0 Å². The van der Waals surface area contributed by atoms with E-state index in [2.05, 4.69) is 180 Å². The molecule has 8 nitrogen and oxygen atoms in total. The molecule has 0 saturated heterocycles. The van der Waals surface area contributed by atoms with Crippen molar-refractivity contribution in [3.63, 3.8) is 0 Å². The van der Waals surface area contributed by atoms with Gasteiger partial charge in [-0.05, 0) is 41.7 Å². The topological polar surface area (TPSA) is 103 Å². The molecule has 0 aliphatic carbocycles. The number of hydrogen-bond donors (Lipinski definition) is 0. The minimum Gasteiger partial charge on any atom is -0.248 e. The van der Waals surface area contributed by atoms with Crippen molar-refractivity contribution in [1.29, 1.82) is 0 Å². The lowest BCUT2D eigenvalue weighted by molar-refractivity contribution is 0.766. The smallest absolute Gasteiger partial charge is 0.163 e. The third-order valence-corrected chi connectivity index (χ3v) is 13.7. The monoisotopic (exact) mass is 1130 g/mol. The van der Waals surface area contributed by atoms with Gasteiger partial charge < -0.3 is 0 Å². The maximum absolute atomic E-state index is 4.86. The Hall–Kier alpha value is -9.92. The van der Waals surface area contributed by atoms with Gasteiger partial charge in [0, 0.05) is 62.0 Å². The zero-order valence-corrected chi connectivity index (χ0v) is 49.3. The van der Waals surface area contributed by atoms with Crippen molar-refractivity contribution in [3.8, 4) is 90.5 Å². The molecule has 0 unspecified atom stereocenters. The third kappa shape index (κ3) is 17.6. The van der Waals surface area contributed by atoms with Gasteiger partial charge in [-0.3, -0.25) is 0 Å². The second kappa shape index (κ2) is 31.7. The Kier molecular flexibility index (Phi) is 23.4. The predicted octanol–water partition coefficient (Wildman–Crippen LogP) is 21.0. The zero-order chi connectivity index (χ0) is 58.6. The van der Waals surface area contributed by atoms with Gasteiger partial charge in [-0.15, -0.1) is 0 Å². The first-order valence-corrected chi connectivity index (χ1v) is 28.9. The molecule has 0 atom stereocenters. The normalized spacial score (nSPS) is 10.6. The van der Waals surface area contributed by atoms with Gasteiger partial charge in [-0.2, -0.15) is 0 Å². The minimum atomic E-state index is 0. The van der Waals surface area contributed by atoms with E-state index in [-0.39, 0.29) is 20.8 Å². The van der Waals surface area contributed by atoms with E-state index in [4.69, 9.17) is 24.9 Å². The van der Waals surface area contributed by atoms with Crippen molar-refractivity contribution in [3.05, 3.63) is 290 Å². The summed E-state index contributed by atoms with van der Waals surface area (Å²) in [6, 6.07) is 90.3. The molecule has 8 heteroatoms. The number of hydrogen-bond acceptors (Lipinski definition) is 8. The Morgan fingerprint density at radius 3 is 0.744 bits per heavy atom. The number of nitrogens with zero attached hydrogens (tertiary/aromatic N) is 8. The van der Waals surface area contributed by atoms with Crippen LogP contribution in [-0.4, -0.2) is 39.9 Å². The van der Waals surface area contributed by atoms with E-state index in [0.717, 1.165) is 108 Å². The number of pyridine rings is 1. The van der Waals surface area contributed by atoms with Gasteiger partial charge in [0.1, 0.15) is 11.6 Å². The Balaban J connectivity index is 0.000000163. The van der Waals surface area contributed by atoms with E-state index in [9.17, 15) is 0 Å². The fourth-order valence-electron chi connectivity index (χ4n) is 8.95.